The molecule has 1 heterocycles. The maximum absolute atomic E-state index is 11.8. The molecule has 0 spiro atoms. The van der Waals surface area contributed by atoms with Crippen LogP contribution < -0.4 is 5.32 Å². The Labute approximate surface area is 86.2 Å². The molecule has 0 aromatic heterocycles. The van der Waals surface area contributed by atoms with Crippen molar-refractivity contribution in [2.75, 3.05) is 0 Å². The number of nitrogens with one attached hydrogen (secondary N) is 1. The summed E-state index contributed by atoms with van der Waals surface area (Å²) in [5.41, 5.74) is 0.708. The van der Waals surface area contributed by atoms with Crippen LogP contribution in [0.1, 0.15) is 40.0 Å². The number of carbonyl (C=O) groups excluding carboxylic acids is 1. The highest BCUT2D eigenvalue weighted by Gasteiger charge is 2.28. The van der Waals surface area contributed by atoms with Crippen molar-refractivity contribution in [2.45, 2.75) is 52.1 Å². The second-order valence-electron chi connectivity index (χ2n) is 4.25. The van der Waals surface area contributed by atoms with Gasteiger partial charge in [0.2, 0.25) is 0 Å². The van der Waals surface area contributed by atoms with Gasteiger partial charge in [0.25, 0.3) is 0 Å². The number of nitrogens with zero attached hydrogens (tertiary/aromatic N) is 1. The zero-order chi connectivity index (χ0) is 10.7. The van der Waals surface area contributed by atoms with E-state index >= 15 is 0 Å². The number of urea groups is 1. The SMILES string of the molecule is C=C(C)NC(=O)N1C(C)CCCC1C. The molecule has 0 aromatic carbocycles. The Morgan fingerprint density at radius 3 is 2.29 bits per heavy atom. The zero-order valence-corrected chi connectivity index (χ0v) is 9.34. The van der Waals surface area contributed by atoms with Gasteiger partial charge in [0, 0.05) is 17.8 Å². The molecule has 0 saturated carbocycles. The van der Waals surface area contributed by atoms with Crippen LogP contribution in [0.2, 0.25) is 0 Å². The number of likely N-dealkylation sites (tertiary alicyclic amines) is 1. The third-order valence-corrected chi connectivity index (χ3v) is 2.75. The molecule has 1 aliphatic heterocycles. The fourth-order valence-electron chi connectivity index (χ4n) is 2.07. The van der Waals surface area contributed by atoms with E-state index < -0.39 is 0 Å². The number of hydrogen-bond donors (Lipinski definition) is 1. The molecule has 2 unspecified atom stereocenters. The van der Waals surface area contributed by atoms with E-state index in [0.717, 1.165) is 12.8 Å². The van der Waals surface area contributed by atoms with Crippen LogP contribution in [-0.4, -0.2) is 23.0 Å². The van der Waals surface area contributed by atoms with Crippen molar-refractivity contribution in [2.24, 2.45) is 0 Å². The van der Waals surface area contributed by atoms with Crippen LogP contribution in [0.4, 0.5) is 4.79 Å². The van der Waals surface area contributed by atoms with E-state index in [9.17, 15) is 4.79 Å². The molecule has 0 bridgehead atoms. The minimum Gasteiger partial charge on any atom is -0.319 e. The van der Waals surface area contributed by atoms with E-state index in [0.29, 0.717) is 17.8 Å². The Morgan fingerprint density at radius 1 is 1.36 bits per heavy atom. The van der Waals surface area contributed by atoms with E-state index in [1.165, 1.54) is 6.42 Å². The number of amides is 2. The lowest BCUT2D eigenvalue weighted by molar-refractivity contribution is 0.125. The highest BCUT2D eigenvalue weighted by molar-refractivity contribution is 5.76. The molecule has 14 heavy (non-hydrogen) atoms. The van der Waals surface area contributed by atoms with E-state index in [2.05, 4.69) is 25.7 Å². The number of piperidine rings is 1. The van der Waals surface area contributed by atoms with Gasteiger partial charge in [0.15, 0.2) is 0 Å². The molecule has 0 aromatic rings. The quantitative estimate of drug-likeness (QED) is 0.686. The van der Waals surface area contributed by atoms with Crippen LogP contribution in [0.15, 0.2) is 12.3 Å². The highest BCUT2D eigenvalue weighted by Crippen LogP contribution is 2.22. The lowest BCUT2D eigenvalue weighted by atomic mass is 9.98. The van der Waals surface area contributed by atoms with Crippen molar-refractivity contribution in [3.05, 3.63) is 12.3 Å². The standard InChI is InChI=1S/C11H20N2O/c1-8(2)12-11(14)13-9(3)6-5-7-10(13)4/h9-10H,1,5-7H2,2-4H3,(H,12,14). The molecule has 1 aliphatic rings. The second-order valence-corrected chi connectivity index (χ2v) is 4.25. The van der Waals surface area contributed by atoms with Crippen molar-refractivity contribution >= 4 is 6.03 Å². The topological polar surface area (TPSA) is 32.3 Å². The van der Waals surface area contributed by atoms with Crippen molar-refractivity contribution in [3.8, 4) is 0 Å². The molecule has 1 N–H and O–H groups in total. The van der Waals surface area contributed by atoms with Crippen molar-refractivity contribution in [1.29, 1.82) is 0 Å². The van der Waals surface area contributed by atoms with Crippen molar-refractivity contribution in [3.63, 3.8) is 0 Å². The van der Waals surface area contributed by atoms with Crippen LogP contribution in [0, 0.1) is 0 Å². The normalized spacial score (nSPS) is 27.2. The molecule has 1 saturated heterocycles. The smallest absolute Gasteiger partial charge is 0.319 e. The maximum atomic E-state index is 11.8. The van der Waals surface area contributed by atoms with Gasteiger partial charge in [-0.25, -0.2) is 4.79 Å². The summed E-state index contributed by atoms with van der Waals surface area (Å²) in [7, 11) is 0. The minimum atomic E-state index is -0.00259. The van der Waals surface area contributed by atoms with E-state index in [4.69, 9.17) is 0 Å². The summed E-state index contributed by atoms with van der Waals surface area (Å²) >= 11 is 0. The van der Waals surface area contributed by atoms with Gasteiger partial charge in [-0.2, -0.15) is 0 Å². The Bertz CT molecular complexity index is 227. The zero-order valence-electron chi connectivity index (χ0n) is 9.34. The van der Waals surface area contributed by atoms with Gasteiger partial charge in [-0.1, -0.05) is 6.58 Å². The molecule has 1 fully saturated rings. The molecular formula is C11H20N2O. The molecule has 0 aliphatic carbocycles. The molecule has 2 amide bonds. The summed E-state index contributed by atoms with van der Waals surface area (Å²) in [6.45, 7) is 9.69. The molecule has 80 valence electrons. The van der Waals surface area contributed by atoms with Crippen molar-refractivity contribution < 1.29 is 4.79 Å². The van der Waals surface area contributed by atoms with Gasteiger partial charge in [0.1, 0.15) is 0 Å². The Kier molecular flexibility index (Phi) is 3.55. The Morgan fingerprint density at radius 2 is 1.86 bits per heavy atom. The molecule has 3 heteroatoms. The number of carbonyl (C=O) groups is 1. The maximum Gasteiger partial charge on any atom is 0.322 e. The Hall–Kier alpha value is -0.990. The lowest BCUT2D eigenvalue weighted by Crippen LogP contribution is -2.51. The first-order chi connectivity index (χ1) is 6.52. The molecule has 3 nitrogen and oxygen atoms in total. The fourth-order valence-corrected chi connectivity index (χ4v) is 2.07. The highest BCUT2D eigenvalue weighted by atomic mass is 16.2. The van der Waals surface area contributed by atoms with Gasteiger partial charge in [-0.15, -0.1) is 0 Å². The van der Waals surface area contributed by atoms with Crippen LogP contribution >= 0.6 is 0 Å². The predicted octanol–water partition coefficient (Wildman–Crippen LogP) is 2.49. The van der Waals surface area contributed by atoms with Gasteiger partial charge in [-0.3, -0.25) is 0 Å². The average molecular weight is 196 g/mol. The van der Waals surface area contributed by atoms with E-state index in [1.54, 1.807) is 6.92 Å². The van der Waals surface area contributed by atoms with Gasteiger partial charge >= 0.3 is 6.03 Å². The molecule has 0 radical (unpaired) electrons. The van der Waals surface area contributed by atoms with Gasteiger partial charge in [-0.05, 0) is 40.0 Å². The van der Waals surface area contributed by atoms with Crippen molar-refractivity contribution in [1.82, 2.24) is 10.2 Å². The number of rotatable bonds is 1. The summed E-state index contributed by atoms with van der Waals surface area (Å²) < 4.78 is 0. The fraction of sp³-hybridized carbons (Fsp3) is 0.727. The van der Waals surface area contributed by atoms with Crippen LogP contribution in [-0.2, 0) is 0 Å². The summed E-state index contributed by atoms with van der Waals surface area (Å²) in [6, 6.07) is 0.688. The first kappa shape index (κ1) is 11.1. The Balaban J connectivity index is 2.62. The summed E-state index contributed by atoms with van der Waals surface area (Å²) in [4.78, 5) is 13.7. The molecule has 1 rings (SSSR count). The molecule has 2 atom stereocenters. The molecular weight excluding hydrogens is 176 g/mol. The second kappa shape index (κ2) is 4.49. The summed E-state index contributed by atoms with van der Waals surface area (Å²) in [5, 5.41) is 2.77. The monoisotopic (exact) mass is 196 g/mol. The van der Waals surface area contributed by atoms with E-state index in [1.807, 2.05) is 4.90 Å². The third kappa shape index (κ3) is 2.50. The number of hydrogen-bond acceptors (Lipinski definition) is 1. The average Bonchev–Trinajstić information content (AvgIpc) is 2.01. The lowest BCUT2D eigenvalue weighted by Gasteiger charge is -2.38. The van der Waals surface area contributed by atoms with Gasteiger partial charge in [0.05, 0.1) is 0 Å². The predicted molar refractivity (Wildman–Crippen MR) is 58.0 cm³/mol. The first-order valence-corrected chi connectivity index (χ1v) is 5.27. The number of allylic oxidation sites excluding steroid dienone is 1. The van der Waals surface area contributed by atoms with Crippen LogP contribution in [0.5, 0.6) is 0 Å². The summed E-state index contributed by atoms with van der Waals surface area (Å²) in [5.74, 6) is 0. The largest absolute Gasteiger partial charge is 0.322 e. The van der Waals surface area contributed by atoms with E-state index in [-0.39, 0.29) is 6.03 Å². The van der Waals surface area contributed by atoms with Crippen LogP contribution in [0.3, 0.4) is 0 Å². The van der Waals surface area contributed by atoms with Crippen LogP contribution in [0.25, 0.3) is 0 Å². The third-order valence-electron chi connectivity index (χ3n) is 2.75. The first-order valence-electron chi connectivity index (χ1n) is 5.27. The minimum absolute atomic E-state index is 0.00259. The summed E-state index contributed by atoms with van der Waals surface area (Å²) in [6.07, 6.45) is 3.43. The van der Waals surface area contributed by atoms with Gasteiger partial charge < -0.3 is 10.2 Å².